The highest BCUT2D eigenvalue weighted by molar-refractivity contribution is 7.98. The van der Waals surface area contributed by atoms with E-state index >= 15 is 0 Å². The number of carbonyl (C=O) groups is 1. The van der Waals surface area contributed by atoms with Crippen LogP contribution in [0.2, 0.25) is 0 Å². The van der Waals surface area contributed by atoms with Crippen LogP contribution in [-0.4, -0.2) is 22.9 Å². The van der Waals surface area contributed by atoms with Crippen LogP contribution >= 0.6 is 11.8 Å². The average molecular weight is 307 g/mol. The summed E-state index contributed by atoms with van der Waals surface area (Å²) in [6.45, 7) is 1.94. The van der Waals surface area contributed by atoms with E-state index in [4.69, 9.17) is 15.3 Å². The molecule has 21 heavy (non-hydrogen) atoms. The maximum Gasteiger partial charge on any atom is 0.336 e. The number of carboxylic acids is 1. The average Bonchev–Trinajstić information content (AvgIpc) is 2.42. The molecule has 0 fully saturated rings. The molecule has 1 aromatic carbocycles. The fourth-order valence-corrected chi connectivity index (χ4v) is 3.00. The zero-order valence-corrected chi connectivity index (χ0v) is 12.5. The van der Waals surface area contributed by atoms with Crippen LogP contribution in [0.1, 0.15) is 17.5 Å². The molecule has 6 heteroatoms. The molecule has 0 amide bonds. The first-order valence-electron chi connectivity index (χ1n) is 6.57. The highest BCUT2D eigenvalue weighted by Gasteiger charge is 2.11. The van der Waals surface area contributed by atoms with Crippen LogP contribution in [0, 0.1) is 6.92 Å². The molecule has 5 nitrogen and oxygen atoms in total. The lowest BCUT2D eigenvalue weighted by Gasteiger charge is -2.07. The molecule has 1 atom stereocenters. The molecule has 112 valence electrons. The van der Waals surface area contributed by atoms with Gasteiger partial charge in [0.1, 0.15) is 11.6 Å². The van der Waals surface area contributed by atoms with E-state index in [9.17, 15) is 9.59 Å². The van der Waals surface area contributed by atoms with Gasteiger partial charge in [-0.1, -0.05) is 12.1 Å². The third kappa shape index (κ3) is 4.09. The van der Waals surface area contributed by atoms with Crippen molar-refractivity contribution in [2.45, 2.75) is 25.1 Å². The molecule has 2 aromatic rings. The van der Waals surface area contributed by atoms with Gasteiger partial charge in [0.05, 0.1) is 0 Å². The predicted molar refractivity (Wildman–Crippen MR) is 83.6 cm³/mol. The lowest BCUT2D eigenvalue weighted by Crippen LogP contribution is -2.30. The molecule has 0 saturated carbocycles. The maximum atomic E-state index is 11.6. The van der Waals surface area contributed by atoms with Crippen molar-refractivity contribution in [2.75, 3.05) is 5.75 Å². The topological polar surface area (TPSA) is 93.5 Å². The molecule has 0 spiro atoms. The zero-order valence-electron chi connectivity index (χ0n) is 11.7. The molecule has 0 aliphatic carbocycles. The molecule has 1 heterocycles. The molecule has 1 aromatic heterocycles. The highest BCUT2D eigenvalue weighted by Crippen LogP contribution is 2.22. The number of aryl methyl sites for hydroxylation is 1. The van der Waals surface area contributed by atoms with Gasteiger partial charge in [-0.2, -0.15) is 11.8 Å². The smallest absolute Gasteiger partial charge is 0.336 e. The Bertz CT molecular complexity index is 710. The van der Waals surface area contributed by atoms with Crippen molar-refractivity contribution < 1.29 is 14.3 Å². The van der Waals surface area contributed by atoms with Crippen LogP contribution < -0.4 is 11.4 Å². The number of fused-ring (bicyclic) bond motifs is 1. The number of nitrogens with two attached hydrogens (primary N) is 1. The van der Waals surface area contributed by atoms with Crippen molar-refractivity contribution in [3.63, 3.8) is 0 Å². The first kappa shape index (κ1) is 15.6. The Kier molecular flexibility index (Phi) is 5.03. The third-order valence-electron chi connectivity index (χ3n) is 3.13. The van der Waals surface area contributed by atoms with Gasteiger partial charge in [-0.3, -0.25) is 4.79 Å². The minimum Gasteiger partial charge on any atom is -0.480 e. The summed E-state index contributed by atoms with van der Waals surface area (Å²) in [6.07, 6.45) is 0.401. The fraction of sp³-hybridized carbons (Fsp3) is 0.333. The number of aliphatic carboxylic acids is 1. The molecule has 0 bridgehead atoms. The second kappa shape index (κ2) is 6.78. The van der Waals surface area contributed by atoms with Gasteiger partial charge in [0.25, 0.3) is 0 Å². The summed E-state index contributed by atoms with van der Waals surface area (Å²) < 4.78 is 5.20. The van der Waals surface area contributed by atoms with Crippen LogP contribution in [-0.2, 0) is 10.5 Å². The Hall–Kier alpha value is -1.79. The third-order valence-corrected chi connectivity index (χ3v) is 4.17. The summed E-state index contributed by atoms with van der Waals surface area (Å²) in [6, 6.07) is 6.40. The van der Waals surface area contributed by atoms with Gasteiger partial charge in [0, 0.05) is 17.2 Å². The van der Waals surface area contributed by atoms with E-state index in [0.717, 1.165) is 16.5 Å². The zero-order chi connectivity index (χ0) is 15.4. The normalized spacial score (nSPS) is 12.5. The molecule has 1 unspecified atom stereocenters. The second-order valence-electron chi connectivity index (χ2n) is 4.88. The van der Waals surface area contributed by atoms with Gasteiger partial charge in [0.2, 0.25) is 0 Å². The first-order valence-corrected chi connectivity index (χ1v) is 7.72. The van der Waals surface area contributed by atoms with Crippen molar-refractivity contribution in [2.24, 2.45) is 5.73 Å². The summed E-state index contributed by atoms with van der Waals surface area (Å²) in [5.41, 5.74) is 7.59. The monoisotopic (exact) mass is 307 g/mol. The fourth-order valence-electron chi connectivity index (χ4n) is 1.97. The van der Waals surface area contributed by atoms with Crippen LogP contribution in [0.4, 0.5) is 0 Å². The molecule has 0 aliphatic heterocycles. The lowest BCUT2D eigenvalue weighted by atomic mass is 10.1. The van der Waals surface area contributed by atoms with Crippen molar-refractivity contribution in [1.29, 1.82) is 0 Å². The Morgan fingerprint density at radius 1 is 1.43 bits per heavy atom. The standard InChI is InChI=1S/C15H17NO4S/c1-9-2-3-11-10(7-14(17)20-13(11)6-9)8-21-5-4-12(16)15(18)19/h2-3,6-7,12H,4-5,8,16H2,1H3,(H,18,19). The van der Waals surface area contributed by atoms with E-state index in [1.165, 1.54) is 6.07 Å². The summed E-state index contributed by atoms with van der Waals surface area (Å²) in [5, 5.41) is 9.63. The summed E-state index contributed by atoms with van der Waals surface area (Å²) in [7, 11) is 0. The lowest BCUT2D eigenvalue weighted by molar-refractivity contribution is -0.138. The Morgan fingerprint density at radius 2 is 2.19 bits per heavy atom. The molecule has 0 saturated heterocycles. The quantitative estimate of drug-likeness (QED) is 0.627. The SMILES string of the molecule is Cc1ccc2c(CSCCC(N)C(=O)O)cc(=O)oc2c1. The number of carboxylic acid groups (broad SMARTS) is 1. The van der Waals surface area contributed by atoms with Crippen LogP contribution in [0.25, 0.3) is 11.0 Å². The van der Waals surface area contributed by atoms with Crippen molar-refractivity contribution in [1.82, 2.24) is 0 Å². The molecule has 2 rings (SSSR count). The Morgan fingerprint density at radius 3 is 2.90 bits per heavy atom. The van der Waals surface area contributed by atoms with Crippen LogP contribution in [0.3, 0.4) is 0 Å². The largest absolute Gasteiger partial charge is 0.480 e. The van der Waals surface area contributed by atoms with Crippen molar-refractivity contribution >= 4 is 28.7 Å². The van der Waals surface area contributed by atoms with Crippen LogP contribution in [0.5, 0.6) is 0 Å². The van der Waals surface area contributed by atoms with Gasteiger partial charge in [-0.25, -0.2) is 4.79 Å². The maximum absolute atomic E-state index is 11.6. The molecule has 3 N–H and O–H groups in total. The number of hydrogen-bond donors (Lipinski definition) is 2. The van der Waals surface area contributed by atoms with Gasteiger partial charge >= 0.3 is 11.6 Å². The minimum absolute atomic E-state index is 0.370. The van der Waals surface area contributed by atoms with E-state index < -0.39 is 12.0 Å². The van der Waals surface area contributed by atoms with Crippen LogP contribution in [0.15, 0.2) is 33.5 Å². The van der Waals surface area contributed by atoms with E-state index in [-0.39, 0.29) is 5.63 Å². The molecule has 0 radical (unpaired) electrons. The van der Waals surface area contributed by atoms with Gasteiger partial charge in [-0.15, -0.1) is 0 Å². The van der Waals surface area contributed by atoms with Crippen molar-refractivity contribution in [3.8, 4) is 0 Å². The van der Waals surface area contributed by atoms with Gasteiger partial charge in [0.15, 0.2) is 0 Å². The highest BCUT2D eigenvalue weighted by atomic mass is 32.2. The Balaban J connectivity index is 2.08. The van der Waals surface area contributed by atoms with E-state index in [1.807, 2.05) is 25.1 Å². The van der Waals surface area contributed by atoms with Gasteiger partial charge in [-0.05, 0) is 36.3 Å². The van der Waals surface area contributed by atoms with Crippen molar-refractivity contribution in [3.05, 3.63) is 45.8 Å². The predicted octanol–water partition coefficient (Wildman–Crippen LogP) is 2.14. The summed E-state index contributed by atoms with van der Waals surface area (Å²) in [5.74, 6) is 0.260. The van der Waals surface area contributed by atoms with E-state index in [1.54, 1.807) is 11.8 Å². The van der Waals surface area contributed by atoms with E-state index in [0.29, 0.717) is 23.5 Å². The van der Waals surface area contributed by atoms with E-state index in [2.05, 4.69) is 0 Å². The Labute approximate surface area is 126 Å². The minimum atomic E-state index is -0.989. The second-order valence-corrected chi connectivity index (χ2v) is 5.98. The molecular weight excluding hydrogens is 290 g/mol. The summed E-state index contributed by atoms with van der Waals surface area (Å²) in [4.78, 5) is 22.2. The number of rotatable bonds is 6. The number of benzene rings is 1. The summed E-state index contributed by atoms with van der Waals surface area (Å²) >= 11 is 1.56. The molecular formula is C15H17NO4S. The first-order chi connectivity index (χ1) is 9.97. The van der Waals surface area contributed by atoms with Gasteiger partial charge < -0.3 is 15.3 Å². The number of hydrogen-bond acceptors (Lipinski definition) is 5. The molecule has 0 aliphatic rings. The number of thioether (sulfide) groups is 1.